The topological polar surface area (TPSA) is 155 Å². The van der Waals surface area contributed by atoms with Gasteiger partial charge in [0.2, 0.25) is 21.9 Å². The van der Waals surface area contributed by atoms with Gasteiger partial charge in [0.25, 0.3) is 0 Å². The quantitative estimate of drug-likeness (QED) is 0.221. The van der Waals surface area contributed by atoms with Gasteiger partial charge in [-0.25, -0.2) is 23.4 Å². The Kier molecular flexibility index (Phi) is 10.3. The molecule has 0 radical (unpaired) electrons. The zero-order chi connectivity index (χ0) is 32.0. The molecule has 0 saturated carbocycles. The average Bonchev–Trinajstić information content (AvgIpc) is 3.40. The number of allylic oxidation sites excluding steroid dienone is 1. The molecule has 1 saturated heterocycles. The first-order valence-corrected chi connectivity index (χ1v) is 15.3. The molecule has 0 aliphatic carbocycles. The van der Waals surface area contributed by atoms with E-state index in [0.717, 1.165) is 5.57 Å². The van der Waals surface area contributed by atoms with E-state index in [2.05, 4.69) is 36.6 Å². The number of sulfonamides is 1. The number of pyridine rings is 1. The van der Waals surface area contributed by atoms with Crippen LogP contribution in [0, 0.1) is 0 Å². The van der Waals surface area contributed by atoms with Crippen LogP contribution in [0.4, 0.5) is 5.95 Å². The van der Waals surface area contributed by atoms with E-state index in [9.17, 15) is 8.42 Å². The summed E-state index contributed by atoms with van der Waals surface area (Å²) in [6, 6.07) is 9.59. The molecule has 15 heteroatoms. The second-order valence-electron chi connectivity index (χ2n) is 10.2. The first-order chi connectivity index (χ1) is 21.1. The van der Waals surface area contributed by atoms with Gasteiger partial charge in [-0.15, -0.1) is 10.2 Å². The van der Waals surface area contributed by atoms with Crippen LogP contribution in [-0.4, -0.2) is 105 Å². The molecular weight excluding hydrogens is 588 g/mol. The number of hydrogen-bond acceptors (Lipinski definition) is 11. The van der Waals surface area contributed by atoms with Gasteiger partial charge in [0.1, 0.15) is 34.0 Å². The highest BCUT2D eigenvalue weighted by Gasteiger charge is 2.43. The van der Waals surface area contributed by atoms with Crippen LogP contribution >= 0.6 is 0 Å². The Hall–Kier alpha value is -4.34. The number of amidine groups is 1. The van der Waals surface area contributed by atoms with E-state index in [0.29, 0.717) is 41.8 Å². The van der Waals surface area contributed by atoms with E-state index in [1.807, 2.05) is 18.7 Å². The lowest BCUT2D eigenvalue weighted by atomic mass is 10.0. The fraction of sp³-hybridized carbons (Fsp3) is 0.414. The highest BCUT2D eigenvalue weighted by Crippen LogP contribution is 2.38. The smallest absolute Gasteiger partial charge is 0.243 e. The molecular formula is C29H38N8O6S. The number of para-hydroxylation sites is 1. The summed E-state index contributed by atoms with van der Waals surface area (Å²) >= 11 is 0. The standard InChI is InChI=1S/C29H38N8O6S/c1-18(2)15-31-27(30-4)25(36-16-20(17-36)40-5)19(3)44(38,39)35-29-34-33-28(21-11-9-14-24(32-21)43-8)37(29)26-22(41-6)12-10-13-23(26)42-7/h9-15,19-20,25H,4,16-17H2,1-3,5-8H3,(H,34,35)/t19-,25?/m1/s1. The number of benzene rings is 1. The maximum Gasteiger partial charge on any atom is 0.243 e. The van der Waals surface area contributed by atoms with Crippen LogP contribution in [0.1, 0.15) is 20.8 Å². The lowest BCUT2D eigenvalue weighted by Crippen LogP contribution is -2.62. The molecule has 1 aliphatic heterocycles. The van der Waals surface area contributed by atoms with Crippen LogP contribution in [0.15, 0.2) is 58.2 Å². The zero-order valence-corrected chi connectivity index (χ0v) is 26.7. The minimum Gasteiger partial charge on any atom is -0.494 e. The highest BCUT2D eigenvalue weighted by molar-refractivity contribution is 7.93. The monoisotopic (exact) mass is 626 g/mol. The van der Waals surface area contributed by atoms with Gasteiger partial charge in [0.05, 0.1) is 33.5 Å². The van der Waals surface area contributed by atoms with Gasteiger partial charge in [-0.05, 0) is 45.7 Å². The second-order valence-corrected chi connectivity index (χ2v) is 12.3. The Balaban J connectivity index is 1.85. The number of nitrogens with zero attached hydrogens (tertiary/aromatic N) is 7. The number of ether oxygens (including phenoxy) is 4. The van der Waals surface area contributed by atoms with Crippen LogP contribution < -0.4 is 18.9 Å². The van der Waals surface area contributed by atoms with Crippen molar-refractivity contribution >= 4 is 28.5 Å². The summed E-state index contributed by atoms with van der Waals surface area (Å²) in [5, 5.41) is 7.53. The molecule has 4 rings (SSSR count). The van der Waals surface area contributed by atoms with Crippen molar-refractivity contribution in [2.24, 2.45) is 9.98 Å². The summed E-state index contributed by atoms with van der Waals surface area (Å²) in [6.45, 7) is 10.1. The van der Waals surface area contributed by atoms with Crippen molar-refractivity contribution in [1.29, 1.82) is 0 Å². The van der Waals surface area contributed by atoms with E-state index >= 15 is 0 Å². The minimum absolute atomic E-state index is 0.0334. The van der Waals surface area contributed by atoms with Crippen LogP contribution in [-0.2, 0) is 14.8 Å². The molecule has 1 unspecified atom stereocenters. The minimum atomic E-state index is -4.17. The second kappa shape index (κ2) is 14.0. The fourth-order valence-electron chi connectivity index (χ4n) is 4.74. The van der Waals surface area contributed by atoms with E-state index < -0.39 is 21.3 Å². The van der Waals surface area contributed by atoms with Gasteiger partial charge >= 0.3 is 0 Å². The Labute approximate surface area is 257 Å². The Morgan fingerprint density at radius 1 is 1.05 bits per heavy atom. The summed E-state index contributed by atoms with van der Waals surface area (Å²) in [5.74, 6) is 1.50. The van der Waals surface area contributed by atoms with Gasteiger partial charge in [-0.2, -0.15) is 0 Å². The summed E-state index contributed by atoms with van der Waals surface area (Å²) in [4.78, 5) is 15.0. The molecule has 1 N–H and O–H groups in total. The molecule has 1 aliphatic rings. The van der Waals surface area contributed by atoms with E-state index in [1.54, 1.807) is 56.6 Å². The average molecular weight is 627 g/mol. The van der Waals surface area contributed by atoms with Crippen molar-refractivity contribution in [2.45, 2.75) is 38.2 Å². The number of hydrogen-bond donors (Lipinski definition) is 1. The van der Waals surface area contributed by atoms with Crippen LogP contribution in [0.25, 0.3) is 17.2 Å². The first kappa shape index (κ1) is 32.6. The van der Waals surface area contributed by atoms with E-state index in [-0.39, 0.29) is 23.7 Å². The SMILES string of the molecule is C=NC(=NC=C(C)C)C([C@@H](C)S(=O)(=O)Nc1nnc(-c2cccc(OC)n2)n1-c1c(OC)cccc1OC)N1CC(OC)C1. The number of likely N-dealkylation sites (tertiary alicyclic amines) is 1. The number of anilines is 1. The third-order valence-corrected chi connectivity index (χ3v) is 8.81. The summed E-state index contributed by atoms with van der Waals surface area (Å²) in [7, 11) is 1.94. The normalized spacial score (nSPS) is 15.6. The first-order valence-electron chi connectivity index (χ1n) is 13.7. The van der Waals surface area contributed by atoms with Crippen LogP contribution in [0.3, 0.4) is 0 Å². The van der Waals surface area contributed by atoms with Crippen LogP contribution in [0.2, 0.25) is 0 Å². The van der Waals surface area contributed by atoms with Crippen molar-refractivity contribution in [2.75, 3.05) is 46.3 Å². The molecule has 44 heavy (non-hydrogen) atoms. The molecule has 2 atom stereocenters. The molecule has 0 spiro atoms. The molecule has 2 aromatic heterocycles. The van der Waals surface area contributed by atoms with Gasteiger partial charge in [0, 0.05) is 32.5 Å². The van der Waals surface area contributed by atoms with Gasteiger partial charge in [-0.1, -0.05) is 17.7 Å². The Morgan fingerprint density at radius 3 is 2.27 bits per heavy atom. The fourth-order valence-corrected chi connectivity index (χ4v) is 5.95. The predicted molar refractivity (Wildman–Crippen MR) is 169 cm³/mol. The van der Waals surface area contributed by atoms with Crippen molar-refractivity contribution in [3.8, 4) is 34.6 Å². The van der Waals surface area contributed by atoms with Gasteiger partial charge in [0.15, 0.2) is 5.82 Å². The van der Waals surface area contributed by atoms with E-state index in [4.69, 9.17) is 18.9 Å². The van der Waals surface area contributed by atoms with Gasteiger partial charge < -0.3 is 18.9 Å². The summed E-state index contributed by atoms with van der Waals surface area (Å²) in [5.41, 5.74) is 1.67. The maximum absolute atomic E-state index is 14.2. The summed E-state index contributed by atoms with van der Waals surface area (Å²) in [6.07, 6.45) is 1.60. The third kappa shape index (κ3) is 6.74. The molecule has 1 aromatic carbocycles. The Morgan fingerprint density at radius 2 is 1.70 bits per heavy atom. The number of rotatable bonds is 13. The molecule has 3 aromatic rings. The van der Waals surface area contributed by atoms with Crippen molar-refractivity contribution < 1.29 is 27.4 Å². The maximum atomic E-state index is 14.2. The molecule has 14 nitrogen and oxygen atoms in total. The van der Waals surface area contributed by atoms with Gasteiger partial charge in [-0.3, -0.25) is 14.2 Å². The van der Waals surface area contributed by atoms with Crippen molar-refractivity contribution in [3.05, 3.63) is 48.2 Å². The molecule has 0 bridgehead atoms. The third-order valence-electron chi connectivity index (χ3n) is 7.10. The number of aromatic nitrogens is 4. The van der Waals surface area contributed by atoms with Crippen molar-refractivity contribution in [3.63, 3.8) is 0 Å². The number of nitrogens with one attached hydrogen (secondary N) is 1. The zero-order valence-electron chi connectivity index (χ0n) is 25.9. The molecule has 1 fully saturated rings. The summed E-state index contributed by atoms with van der Waals surface area (Å²) < 4.78 is 54.5. The lowest BCUT2D eigenvalue weighted by molar-refractivity contribution is -0.0385. The Bertz CT molecular complexity index is 1620. The van der Waals surface area contributed by atoms with Crippen LogP contribution in [0.5, 0.6) is 17.4 Å². The lowest BCUT2D eigenvalue weighted by Gasteiger charge is -2.44. The molecule has 0 amide bonds. The highest BCUT2D eigenvalue weighted by atomic mass is 32.2. The predicted octanol–water partition coefficient (Wildman–Crippen LogP) is 3.21. The molecule has 3 heterocycles. The molecule has 236 valence electrons. The largest absolute Gasteiger partial charge is 0.494 e. The van der Waals surface area contributed by atoms with E-state index in [1.165, 1.54) is 25.9 Å². The number of aliphatic imine (C=N–C) groups is 2. The van der Waals surface area contributed by atoms with Crippen molar-refractivity contribution in [1.82, 2.24) is 24.6 Å². The number of methoxy groups -OCH3 is 4.